The molecule has 0 unspecified atom stereocenters. The van der Waals surface area contributed by atoms with E-state index in [4.69, 9.17) is 19.5 Å². The Morgan fingerprint density at radius 2 is 1.72 bits per heavy atom. The summed E-state index contributed by atoms with van der Waals surface area (Å²) in [5.74, 6) is 0.524. The monoisotopic (exact) mass is 500 g/mol. The normalized spacial score (nSPS) is 22.3. The van der Waals surface area contributed by atoms with Gasteiger partial charge in [0.15, 0.2) is 0 Å². The maximum absolute atomic E-state index is 13.5. The van der Waals surface area contributed by atoms with Crippen LogP contribution in [-0.4, -0.2) is 28.5 Å². The lowest BCUT2D eigenvalue weighted by Gasteiger charge is -2.26. The highest BCUT2D eigenvalue weighted by molar-refractivity contribution is 5.62. The van der Waals surface area contributed by atoms with Crippen molar-refractivity contribution in [2.75, 3.05) is 13.7 Å². The number of nitrogens with zero attached hydrogens (tertiary/aromatic N) is 2. The second-order valence-corrected chi connectivity index (χ2v) is 9.17. The van der Waals surface area contributed by atoms with Gasteiger partial charge in [-0.05, 0) is 62.2 Å². The van der Waals surface area contributed by atoms with Crippen molar-refractivity contribution in [3.63, 3.8) is 0 Å². The predicted molar refractivity (Wildman–Crippen MR) is 121 cm³/mol. The van der Waals surface area contributed by atoms with Crippen LogP contribution in [0.15, 0.2) is 42.5 Å². The quantitative estimate of drug-likeness (QED) is 0.465. The van der Waals surface area contributed by atoms with Gasteiger partial charge in [-0.15, -0.1) is 0 Å². The molecule has 1 aromatic heterocycles. The number of halogens is 3. The van der Waals surface area contributed by atoms with Crippen LogP contribution in [0.25, 0.3) is 5.69 Å². The first kappa shape index (κ1) is 23.9. The lowest BCUT2D eigenvalue weighted by Crippen LogP contribution is -2.25. The Labute approximate surface area is 204 Å². The predicted octanol–water partition coefficient (Wildman–Crippen LogP) is 5.49. The number of aromatic nitrogens is 1. The molecule has 2 aromatic carbocycles. The smallest absolute Gasteiger partial charge is 0.417 e. The van der Waals surface area contributed by atoms with Crippen LogP contribution in [0, 0.1) is 11.3 Å². The fraction of sp³-hybridized carbons (Fsp3) is 0.346. The number of nitriles is 1. The van der Waals surface area contributed by atoms with Crippen molar-refractivity contribution < 1.29 is 37.6 Å². The van der Waals surface area contributed by atoms with Gasteiger partial charge >= 0.3 is 6.18 Å². The van der Waals surface area contributed by atoms with Gasteiger partial charge in [-0.2, -0.15) is 18.4 Å². The summed E-state index contributed by atoms with van der Waals surface area (Å²) in [6.45, 7) is 2.02. The first-order chi connectivity index (χ1) is 17.0. The van der Waals surface area contributed by atoms with E-state index in [-0.39, 0.29) is 18.2 Å². The lowest BCUT2D eigenvalue weighted by molar-refractivity contribution is -0.137. The first-order valence-corrected chi connectivity index (χ1v) is 11.3. The standard InChI is InChI=1S/C26H23F3N2O5/c1-24-9-10-25(36-24,11-12-35-18-7-5-17(34-2)6-8-18)21-20(24)22(32)31(23(21)33)16-4-3-15(14-30)19(13-16)26(27,28)29/h3-8,13,32-33H,9-12H2,1-2H3/t24-,25-/m0/s1. The third-order valence-corrected chi connectivity index (χ3v) is 7.05. The van der Waals surface area contributed by atoms with Gasteiger partial charge in [-0.3, -0.25) is 4.57 Å². The molecule has 0 radical (unpaired) electrons. The summed E-state index contributed by atoms with van der Waals surface area (Å²) in [4.78, 5) is 0. The van der Waals surface area contributed by atoms with Crippen molar-refractivity contribution in [1.82, 2.24) is 4.57 Å². The minimum atomic E-state index is -4.78. The van der Waals surface area contributed by atoms with Gasteiger partial charge in [-0.1, -0.05) is 0 Å². The largest absolute Gasteiger partial charge is 0.497 e. The van der Waals surface area contributed by atoms with Crippen molar-refractivity contribution in [1.29, 1.82) is 5.26 Å². The highest BCUT2D eigenvalue weighted by atomic mass is 19.4. The molecule has 3 aromatic rings. The van der Waals surface area contributed by atoms with Crippen molar-refractivity contribution in [3.05, 3.63) is 64.7 Å². The number of fused-ring (bicyclic) bond motifs is 5. The molecule has 0 spiro atoms. The fourth-order valence-electron chi connectivity index (χ4n) is 5.36. The fourth-order valence-corrected chi connectivity index (χ4v) is 5.36. The third kappa shape index (κ3) is 3.54. The molecule has 5 rings (SSSR count). The van der Waals surface area contributed by atoms with E-state index < -0.39 is 34.4 Å². The molecule has 0 aliphatic carbocycles. The van der Waals surface area contributed by atoms with Crippen molar-refractivity contribution in [3.8, 4) is 35.0 Å². The number of hydrogen-bond donors (Lipinski definition) is 2. The zero-order chi connectivity index (χ0) is 25.9. The Hall–Kier alpha value is -3.84. The van der Waals surface area contributed by atoms with Gasteiger partial charge in [0.1, 0.15) is 17.1 Å². The second-order valence-electron chi connectivity index (χ2n) is 9.17. The topological polar surface area (TPSA) is 96.9 Å². The SMILES string of the molecule is COc1ccc(OCC[C@]23CC[C@](C)(O2)c2c3c(O)n(-c3ccc(C#N)c(C(F)(F)F)c3)c2O)cc1. The van der Waals surface area contributed by atoms with Crippen molar-refractivity contribution >= 4 is 0 Å². The highest BCUT2D eigenvalue weighted by Crippen LogP contribution is 2.65. The number of hydrogen-bond acceptors (Lipinski definition) is 6. The van der Waals surface area contributed by atoms with Gasteiger partial charge in [0, 0.05) is 6.42 Å². The van der Waals surface area contributed by atoms with E-state index in [0.29, 0.717) is 41.9 Å². The van der Waals surface area contributed by atoms with Gasteiger partial charge in [0.05, 0.1) is 53.3 Å². The maximum atomic E-state index is 13.5. The molecular formula is C26H23F3N2O5. The molecule has 2 N–H and O–H groups in total. The summed E-state index contributed by atoms with van der Waals surface area (Å²) in [6, 6.07) is 11.6. The molecule has 0 amide bonds. The van der Waals surface area contributed by atoms with Gasteiger partial charge < -0.3 is 24.4 Å². The van der Waals surface area contributed by atoms with Crippen LogP contribution in [0.2, 0.25) is 0 Å². The Balaban J connectivity index is 1.51. The van der Waals surface area contributed by atoms with E-state index in [1.807, 2.05) is 0 Å². The summed E-state index contributed by atoms with van der Waals surface area (Å²) in [6.07, 6.45) is -3.34. The summed E-state index contributed by atoms with van der Waals surface area (Å²) in [5.41, 5.74) is -2.99. The summed E-state index contributed by atoms with van der Waals surface area (Å²) < 4.78 is 59.0. The molecule has 36 heavy (non-hydrogen) atoms. The summed E-state index contributed by atoms with van der Waals surface area (Å²) >= 11 is 0. The molecular weight excluding hydrogens is 477 g/mol. The third-order valence-electron chi connectivity index (χ3n) is 7.05. The van der Waals surface area contributed by atoms with Crippen LogP contribution in [0.1, 0.15) is 48.4 Å². The molecule has 3 heterocycles. The van der Waals surface area contributed by atoms with Crippen molar-refractivity contribution in [2.45, 2.75) is 43.6 Å². The zero-order valence-electron chi connectivity index (χ0n) is 19.5. The molecule has 10 heteroatoms. The Kier molecular flexibility index (Phi) is 5.37. The zero-order valence-corrected chi connectivity index (χ0v) is 19.5. The molecule has 1 saturated heterocycles. The van der Waals surface area contributed by atoms with Crippen LogP contribution in [0.5, 0.6) is 23.3 Å². The molecule has 1 fully saturated rings. The first-order valence-electron chi connectivity index (χ1n) is 11.3. The number of ether oxygens (including phenoxy) is 3. The molecule has 2 atom stereocenters. The second kappa shape index (κ2) is 8.10. The highest BCUT2D eigenvalue weighted by Gasteiger charge is 2.61. The van der Waals surface area contributed by atoms with Crippen LogP contribution >= 0.6 is 0 Å². The Bertz CT molecular complexity index is 1380. The molecule has 2 aliphatic rings. The van der Waals surface area contributed by atoms with Crippen LogP contribution in [0.3, 0.4) is 0 Å². The lowest BCUT2D eigenvalue weighted by atomic mass is 9.78. The molecule has 2 aliphatic heterocycles. The van der Waals surface area contributed by atoms with Crippen LogP contribution in [0.4, 0.5) is 13.2 Å². The number of rotatable bonds is 6. The Morgan fingerprint density at radius 3 is 2.36 bits per heavy atom. The van der Waals surface area contributed by atoms with Crippen molar-refractivity contribution in [2.24, 2.45) is 0 Å². The molecule has 0 saturated carbocycles. The number of benzene rings is 2. The number of alkyl halides is 3. The maximum Gasteiger partial charge on any atom is 0.417 e. The number of aromatic hydroxyl groups is 2. The molecule has 2 bridgehead atoms. The van der Waals surface area contributed by atoms with E-state index in [1.54, 1.807) is 38.3 Å². The van der Waals surface area contributed by atoms with E-state index >= 15 is 0 Å². The van der Waals surface area contributed by atoms with Gasteiger partial charge in [-0.25, -0.2) is 0 Å². The van der Waals surface area contributed by atoms with E-state index in [0.717, 1.165) is 16.7 Å². The summed E-state index contributed by atoms with van der Waals surface area (Å²) in [5, 5.41) is 31.4. The minimum absolute atomic E-state index is 0.113. The van der Waals surface area contributed by atoms with E-state index in [9.17, 15) is 23.4 Å². The van der Waals surface area contributed by atoms with E-state index in [1.165, 1.54) is 12.1 Å². The average Bonchev–Trinajstić information content (AvgIpc) is 3.43. The van der Waals surface area contributed by atoms with E-state index in [2.05, 4.69) is 0 Å². The van der Waals surface area contributed by atoms with Gasteiger partial charge in [0.2, 0.25) is 11.8 Å². The number of methoxy groups -OCH3 is 1. The van der Waals surface area contributed by atoms with Gasteiger partial charge in [0.25, 0.3) is 0 Å². The molecule has 188 valence electrons. The van der Waals surface area contributed by atoms with Crippen LogP contribution in [-0.2, 0) is 22.1 Å². The Morgan fingerprint density at radius 1 is 1.06 bits per heavy atom. The minimum Gasteiger partial charge on any atom is -0.497 e. The molecule has 7 nitrogen and oxygen atoms in total. The summed E-state index contributed by atoms with van der Waals surface area (Å²) in [7, 11) is 1.57. The average molecular weight is 500 g/mol. The van der Waals surface area contributed by atoms with Crippen LogP contribution < -0.4 is 9.47 Å².